The third-order valence-corrected chi connectivity index (χ3v) is 1.82. The highest BCUT2D eigenvalue weighted by Gasteiger charge is 1.99. The van der Waals surface area contributed by atoms with Crippen molar-refractivity contribution in [1.29, 1.82) is 0 Å². The Balaban J connectivity index is 0.000001000. The number of hydrogen-bond acceptors (Lipinski definition) is 2. The Morgan fingerprint density at radius 1 is 1.09 bits per heavy atom. The van der Waals surface area contributed by atoms with Gasteiger partial charge in [-0.2, -0.15) is 0 Å². The third kappa shape index (κ3) is 1.64. The average Bonchev–Trinajstić information content (AvgIpc) is 1.93. The zero-order valence-electron chi connectivity index (χ0n) is 6.31. The second-order valence-corrected chi connectivity index (χ2v) is 2.51. The van der Waals surface area contributed by atoms with Crippen LogP contribution in [0.4, 0.5) is 11.4 Å². The van der Waals surface area contributed by atoms with Crippen molar-refractivity contribution in [1.82, 2.24) is 0 Å². The van der Waals surface area contributed by atoms with Crippen molar-refractivity contribution in [2.75, 3.05) is 11.5 Å². The molecule has 0 amide bonds. The zero-order valence-corrected chi connectivity index (χ0v) is 6.31. The van der Waals surface area contributed by atoms with Crippen molar-refractivity contribution in [3.63, 3.8) is 0 Å². The maximum Gasteiger partial charge on any atom is 0.0580 e. The van der Waals surface area contributed by atoms with Crippen LogP contribution in [-0.4, -0.2) is 0 Å². The lowest BCUT2D eigenvalue weighted by molar-refractivity contribution is 1.35. The van der Waals surface area contributed by atoms with Gasteiger partial charge in [0.2, 0.25) is 0 Å². The molecular weight excluding hydrogens is 136 g/mol. The normalized spacial score (nSPS) is 8.91. The highest BCUT2D eigenvalue weighted by Crippen LogP contribution is 2.21. The minimum atomic E-state index is 0. The highest BCUT2D eigenvalue weighted by molar-refractivity contribution is 5.68. The third-order valence-electron chi connectivity index (χ3n) is 1.82. The molecule has 0 spiro atoms. The number of rotatable bonds is 0. The Labute approximate surface area is 68.2 Å². The maximum atomic E-state index is 5.66. The molecule has 2 heteroatoms. The molecule has 2 nitrogen and oxygen atoms in total. The quantitative estimate of drug-likeness (QED) is 0.559. The molecule has 0 aliphatic carbocycles. The van der Waals surface area contributed by atoms with Gasteiger partial charge in [-0.25, -0.2) is 0 Å². The minimum Gasteiger partial charge on any atom is -0.397 e. The smallest absolute Gasteiger partial charge is 0.0580 e. The van der Waals surface area contributed by atoms with Crippen molar-refractivity contribution >= 4 is 11.4 Å². The summed E-state index contributed by atoms with van der Waals surface area (Å²) in [6.07, 6.45) is 0. The molecule has 0 saturated carbocycles. The molecule has 0 atom stereocenters. The lowest BCUT2D eigenvalue weighted by Gasteiger charge is -2.05. The summed E-state index contributed by atoms with van der Waals surface area (Å²) in [4.78, 5) is 0. The van der Waals surface area contributed by atoms with Crippen LogP contribution in [0.5, 0.6) is 0 Å². The van der Waals surface area contributed by atoms with Gasteiger partial charge in [0.15, 0.2) is 0 Å². The fraction of sp³-hybridized carbons (Fsp3) is 0.333. The number of nitrogen functional groups attached to an aromatic ring is 2. The molecule has 0 aromatic heterocycles. The molecule has 0 aliphatic heterocycles. The van der Waals surface area contributed by atoms with Crippen molar-refractivity contribution in [3.8, 4) is 0 Å². The van der Waals surface area contributed by atoms with Crippen LogP contribution >= 0.6 is 0 Å². The summed E-state index contributed by atoms with van der Waals surface area (Å²) in [7, 11) is 0. The monoisotopic (exact) mass is 152 g/mol. The Morgan fingerprint density at radius 2 is 1.64 bits per heavy atom. The van der Waals surface area contributed by atoms with Crippen LogP contribution in [-0.2, 0) is 0 Å². The number of benzene rings is 1. The molecular formula is C9H16N2. The van der Waals surface area contributed by atoms with Crippen molar-refractivity contribution in [2.24, 2.45) is 0 Å². The standard InChI is InChI=1S/C8H12N2.CH4/c1-5-3-4-7(9)8(10)6(5)2;/h3-4H,9-10H2,1-2H3;1H4. The molecule has 62 valence electrons. The maximum absolute atomic E-state index is 5.66. The Bertz CT molecular complexity index is 227. The van der Waals surface area contributed by atoms with Gasteiger partial charge in [-0.1, -0.05) is 13.5 Å². The van der Waals surface area contributed by atoms with Gasteiger partial charge in [-0.05, 0) is 31.0 Å². The fourth-order valence-electron chi connectivity index (χ4n) is 0.858. The topological polar surface area (TPSA) is 52.0 Å². The van der Waals surface area contributed by atoms with E-state index in [0.717, 1.165) is 5.56 Å². The summed E-state index contributed by atoms with van der Waals surface area (Å²) < 4.78 is 0. The number of hydrogen-bond donors (Lipinski definition) is 2. The van der Waals surface area contributed by atoms with Crippen LogP contribution in [0.25, 0.3) is 0 Å². The molecule has 1 aromatic rings. The molecule has 0 heterocycles. The lowest BCUT2D eigenvalue weighted by Crippen LogP contribution is -1.98. The summed E-state index contributed by atoms with van der Waals surface area (Å²) in [5, 5.41) is 0. The van der Waals surface area contributed by atoms with E-state index in [2.05, 4.69) is 0 Å². The van der Waals surface area contributed by atoms with Crippen LogP contribution in [0.2, 0.25) is 0 Å². The molecule has 0 bridgehead atoms. The van der Waals surface area contributed by atoms with E-state index in [1.807, 2.05) is 26.0 Å². The van der Waals surface area contributed by atoms with Crippen molar-refractivity contribution in [3.05, 3.63) is 23.3 Å². The van der Waals surface area contributed by atoms with Crippen molar-refractivity contribution in [2.45, 2.75) is 21.3 Å². The van der Waals surface area contributed by atoms with Crippen LogP contribution < -0.4 is 11.5 Å². The number of nitrogens with two attached hydrogens (primary N) is 2. The largest absolute Gasteiger partial charge is 0.397 e. The van der Waals surface area contributed by atoms with E-state index in [1.54, 1.807) is 0 Å². The molecule has 0 unspecified atom stereocenters. The van der Waals surface area contributed by atoms with Gasteiger partial charge < -0.3 is 11.5 Å². The molecule has 0 radical (unpaired) electrons. The zero-order chi connectivity index (χ0) is 7.72. The van der Waals surface area contributed by atoms with E-state index in [9.17, 15) is 0 Å². The Kier molecular flexibility index (Phi) is 2.93. The molecule has 11 heavy (non-hydrogen) atoms. The first-order chi connectivity index (χ1) is 4.63. The van der Waals surface area contributed by atoms with Crippen LogP contribution in [0.1, 0.15) is 18.6 Å². The predicted molar refractivity (Wildman–Crippen MR) is 51.5 cm³/mol. The van der Waals surface area contributed by atoms with Crippen LogP contribution in [0, 0.1) is 13.8 Å². The molecule has 1 aromatic carbocycles. The number of aryl methyl sites for hydroxylation is 1. The fourth-order valence-corrected chi connectivity index (χ4v) is 0.858. The predicted octanol–water partition coefficient (Wildman–Crippen LogP) is 2.10. The van der Waals surface area contributed by atoms with Gasteiger partial charge >= 0.3 is 0 Å². The molecule has 0 aliphatic rings. The van der Waals surface area contributed by atoms with E-state index in [-0.39, 0.29) is 7.43 Å². The van der Waals surface area contributed by atoms with Crippen LogP contribution in [0.15, 0.2) is 12.1 Å². The molecule has 0 saturated heterocycles. The van der Waals surface area contributed by atoms with Crippen LogP contribution in [0.3, 0.4) is 0 Å². The summed E-state index contributed by atoms with van der Waals surface area (Å²) in [5.74, 6) is 0. The van der Waals surface area contributed by atoms with Gasteiger partial charge in [0.25, 0.3) is 0 Å². The molecule has 1 rings (SSSR count). The van der Waals surface area contributed by atoms with E-state index in [0.29, 0.717) is 11.4 Å². The first kappa shape index (κ1) is 9.82. The van der Waals surface area contributed by atoms with Crippen molar-refractivity contribution < 1.29 is 0 Å². The summed E-state index contributed by atoms with van der Waals surface area (Å²) in [6, 6.07) is 3.80. The van der Waals surface area contributed by atoms with Gasteiger partial charge in [0, 0.05) is 0 Å². The second kappa shape index (κ2) is 3.28. The number of anilines is 2. The van der Waals surface area contributed by atoms with Gasteiger partial charge in [-0.3, -0.25) is 0 Å². The van der Waals surface area contributed by atoms with Gasteiger partial charge in [0.1, 0.15) is 0 Å². The SMILES string of the molecule is C.Cc1ccc(N)c(N)c1C. The minimum absolute atomic E-state index is 0. The molecule has 4 N–H and O–H groups in total. The summed E-state index contributed by atoms with van der Waals surface area (Å²) >= 11 is 0. The van der Waals surface area contributed by atoms with E-state index in [1.165, 1.54) is 5.56 Å². The van der Waals surface area contributed by atoms with Gasteiger partial charge in [0.05, 0.1) is 11.4 Å². The molecule has 0 fully saturated rings. The summed E-state index contributed by atoms with van der Waals surface area (Å²) in [5.41, 5.74) is 14.9. The first-order valence-corrected chi connectivity index (χ1v) is 3.24. The Hall–Kier alpha value is -1.18. The average molecular weight is 152 g/mol. The highest BCUT2D eigenvalue weighted by atomic mass is 14.7. The Morgan fingerprint density at radius 3 is 2.09 bits per heavy atom. The van der Waals surface area contributed by atoms with E-state index >= 15 is 0 Å². The summed E-state index contributed by atoms with van der Waals surface area (Å²) in [6.45, 7) is 3.99. The van der Waals surface area contributed by atoms with Gasteiger partial charge in [-0.15, -0.1) is 0 Å². The van der Waals surface area contributed by atoms with E-state index in [4.69, 9.17) is 11.5 Å². The lowest BCUT2D eigenvalue weighted by atomic mass is 10.1. The van der Waals surface area contributed by atoms with E-state index < -0.39 is 0 Å². The second-order valence-electron chi connectivity index (χ2n) is 2.51. The first-order valence-electron chi connectivity index (χ1n) is 3.24.